The zero-order valence-electron chi connectivity index (χ0n) is 7.07. The lowest BCUT2D eigenvalue weighted by Gasteiger charge is -2.42. The largest absolute Gasteiger partial charge is 0.315 e. The summed E-state index contributed by atoms with van der Waals surface area (Å²) >= 11 is 2.22. The lowest BCUT2D eigenvalue weighted by molar-refractivity contribution is 0.341. The van der Waals surface area contributed by atoms with E-state index in [9.17, 15) is 0 Å². The predicted molar refractivity (Wildman–Crippen MR) is 51.1 cm³/mol. The molecule has 2 fully saturated rings. The summed E-state index contributed by atoms with van der Waals surface area (Å²) in [5.41, 5.74) is 0. The summed E-state index contributed by atoms with van der Waals surface area (Å²) in [5.74, 6) is 1.40. The van der Waals surface area contributed by atoms with Crippen LogP contribution < -0.4 is 5.32 Å². The van der Waals surface area contributed by atoms with Gasteiger partial charge in [0.2, 0.25) is 0 Å². The van der Waals surface area contributed by atoms with Gasteiger partial charge in [-0.2, -0.15) is 11.8 Å². The van der Waals surface area contributed by atoms with Crippen LogP contribution in [0.25, 0.3) is 0 Å². The molecule has 0 atom stereocenters. The lowest BCUT2D eigenvalue weighted by atomic mass is 9.84. The fourth-order valence-corrected chi connectivity index (χ4v) is 3.46. The molecule has 0 radical (unpaired) electrons. The summed E-state index contributed by atoms with van der Waals surface area (Å²) in [7, 11) is 0. The van der Waals surface area contributed by atoms with Gasteiger partial charge in [-0.05, 0) is 38.0 Å². The van der Waals surface area contributed by atoms with E-state index in [2.05, 4.69) is 17.1 Å². The molecule has 2 heteroatoms. The van der Waals surface area contributed by atoms with E-state index in [0.717, 1.165) is 0 Å². The third kappa shape index (κ3) is 1.73. The van der Waals surface area contributed by atoms with E-state index in [-0.39, 0.29) is 0 Å². The van der Waals surface area contributed by atoms with Crippen LogP contribution in [0.4, 0.5) is 0 Å². The first-order valence-electron chi connectivity index (χ1n) is 4.76. The van der Waals surface area contributed by atoms with Crippen LogP contribution in [0.3, 0.4) is 0 Å². The maximum Gasteiger partial charge on any atom is 0.0284 e. The number of rotatable bonds is 0. The topological polar surface area (TPSA) is 12.0 Å². The van der Waals surface area contributed by atoms with E-state index >= 15 is 0 Å². The lowest BCUT2D eigenvalue weighted by Crippen LogP contribution is -2.45. The first-order valence-corrected chi connectivity index (χ1v) is 5.75. The average molecular weight is 171 g/mol. The van der Waals surface area contributed by atoms with Gasteiger partial charge in [0.15, 0.2) is 0 Å². The third-order valence-corrected chi connectivity index (χ3v) is 4.53. The Labute approximate surface area is 73.3 Å². The van der Waals surface area contributed by atoms with Gasteiger partial charge in [0.1, 0.15) is 0 Å². The molecule has 64 valence electrons. The Morgan fingerprint density at radius 1 is 1.09 bits per heavy atom. The van der Waals surface area contributed by atoms with Crippen molar-refractivity contribution < 1.29 is 0 Å². The van der Waals surface area contributed by atoms with Crippen molar-refractivity contribution in [1.29, 1.82) is 0 Å². The molecule has 2 rings (SSSR count). The standard InChI is InChI=1S/C9H17NS/c1-2-7-11-9(4-3-5-9)8-10-6-1/h10H,1-8H2. The maximum absolute atomic E-state index is 3.56. The van der Waals surface area contributed by atoms with Crippen molar-refractivity contribution in [2.24, 2.45) is 0 Å². The Kier molecular flexibility index (Phi) is 2.42. The van der Waals surface area contributed by atoms with Gasteiger partial charge in [0.25, 0.3) is 0 Å². The monoisotopic (exact) mass is 171 g/mol. The summed E-state index contributed by atoms with van der Waals surface area (Å²) in [6, 6.07) is 0. The summed E-state index contributed by atoms with van der Waals surface area (Å²) in [4.78, 5) is 0. The fraction of sp³-hybridized carbons (Fsp3) is 1.00. The molecule has 0 aromatic heterocycles. The maximum atomic E-state index is 3.56. The molecule has 1 nitrogen and oxygen atoms in total. The van der Waals surface area contributed by atoms with Crippen LogP contribution in [-0.2, 0) is 0 Å². The number of thioether (sulfide) groups is 1. The molecule has 2 aliphatic rings. The zero-order valence-corrected chi connectivity index (χ0v) is 7.88. The van der Waals surface area contributed by atoms with Gasteiger partial charge >= 0.3 is 0 Å². The SMILES string of the molecule is C1CCSC2(CCC2)CNC1. The quantitative estimate of drug-likeness (QED) is 0.598. The molecular weight excluding hydrogens is 154 g/mol. The van der Waals surface area contributed by atoms with Gasteiger partial charge in [-0.1, -0.05) is 6.42 Å². The fourth-order valence-electron chi connectivity index (χ4n) is 1.90. The van der Waals surface area contributed by atoms with Crippen LogP contribution in [0.15, 0.2) is 0 Å². The van der Waals surface area contributed by atoms with Crippen molar-refractivity contribution in [3.8, 4) is 0 Å². The first kappa shape index (κ1) is 7.93. The molecule has 1 N–H and O–H groups in total. The van der Waals surface area contributed by atoms with Gasteiger partial charge in [0, 0.05) is 11.3 Å². The van der Waals surface area contributed by atoms with Crippen LogP contribution in [0.1, 0.15) is 32.1 Å². The van der Waals surface area contributed by atoms with Crippen molar-refractivity contribution in [3.05, 3.63) is 0 Å². The summed E-state index contributed by atoms with van der Waals surface area (Å²) in [6.07, 6.45) is 7.19. The highest BCUT2D eigenvalue weighted by molar-refractivity contribution is 8.00. The highest BCUT2D eigenvalue weighted by Gasteiger charge is 2.37. The van der Waals surface area contributed by atoms with Crippen LogP contribution in [0.5, 0.6) is 0 Å². The van der Waals surface area contributed by atoms with Gasteiger partial charge in [-0.3, -0.25) is 0 Å². The predicted octanol–water partition coefficient (Wildman–Crippen LogP) is 2.03. The van der Waals surface area contributed by atoms with Gasteiger partial charge in [-0.25, -0.2) is 0 Å². The molecule has 1 saturated carbocycles. The number of hydrogen-bond acceptors (Lipinski definition) is 2. The smallest absolute Gasteiger partial charge is 0.0284 e. The van der Waals surface area contributed by atoms with Crippen LogP contribution in [0, 0.1) is 0 Å². The molecule has 11 heavy (non-hydrogen) atoms. The van der Waals surface area contributed by atoms with E-state index < -0.39 is 0 Å². The number of nitrogens with one attached hydrogen (secondary N) is 1. The minimum absolute atomic E-state index is 0.681. The Bertz CT molecular complexity index is 122. The van der Waals surface area contributed by atoms with Crippen molar-refractivity contribution >= 4 is 11.8 Å². The first-order chi connectivity index (χ1) is 5.41. The second kappa shape index (κ2) is 3.36. The molecule has 0 unspecified atom stereocenters. The van der Waals surface area contributed by atoms with E-state index in [1.54, 1.807) is 0 Å². The van der Waals surface area contributed by atoms with Gasteiger partial charge in [-0.15, -0.1) is 0 Å². The van der Waals surface area contributed by atoms with Crippen molar-refractivity contribution in [1.82, 2.24) is 5.32 Å². The second-order valence-electron chi connectivity index (χ2n) is 3.77. The Morgan fingerprint density at radius 3 is 2.73 bits per heavy atom. The molecule has 1 aliphatic heterocycles. The van der Waals surface area contributed by atoms with Crippen molar-refractivity contribution in [3.63, 3.8) is 0 Å². The average Bonchev–Trinajstić information content (AvgIpc) is 1.82. The molecular formula is C9H17NS. The minimum Gasteiger partial charge on any atom is -0.315 e. The van der Waals surface area contributed by atoms with Gasteiger partial charge < -0.3 is 5.32 Å². The van der Waals surface area contributed by atoms with E-state index in [0.29, 0.717) is 4.75 Å². The summed E-state index contributed by atoms with van der Waals surface area (Å²) < 4.78 is 0.681. The zero-order chi connectivity index (χ0) is 7.57. The molecule has 1 saturated heterocycles. The van der Waals surface area contributed by atoms with E-state index in [1.165, 1.54) is 50.9 Å². The summed E-state index contributed by atoms with van der Waals surface area (Å²) in [5, 5.41) is 3.56. The molecule has 0 aromatic rings. The highest BCUT2D eigenvalue weighted by Crippen LogP contribution is 2.44. The van der Waals surface area contributed by atoms with Crippen LogP contribution >= 0.6 is 11.8 Å². The van der Waals surface area contributed by atoms with E-state index in [1.807, 2.05) is 0 Å². The van der Waals surface area contributed by atoms with Crippen molar-refractivity contribution in [2.75, 3.05) is 18.8 Å². The normalized spacial score (nSPS) is 30.5. The minimum atomic E-state index is 0.681. The molecule has 1 aliphatic carbocycles. The number of hydrogen-bond donors (Lipinski definition) is 1. The Balaban J connectivity index is 1.86. The molecule has 0 bridgehead atoms. The second-order valence-corrected chi connectivity index (χ2v) is 5.33. The highest BCUT2D eigenvalue weighted by atomic mass is 32.2. The van der Waals surface area contributed by atoms with Crippen LogP contribution in [-0.4, -0.2) is 23.6 Å². The third-order valence-electron chi connectivity index (χ3n) is 2.87. The summed E-state index contributed by atoms with van der Waals surface area (Å²) in [6.45, 7) is 2.53. The van der Waals surface area contributed by atoms with Crippen LogP contribution in [0.2, 0.25) is 0 Å². The molecule has 0 aromatic carbocycles. The molecule has 1 spiro atoms. The van der Waals surface area contributed by atoms with Crippen molar-refractivity contribution in [2.45, 2.75) is 36.9 Å². The van der Waals surface area contributed by atoms with Gasteiger partial charge in [0.05, 0.1) is 0 Å². The Hall–Kier alpha value is 0.310. The Morgan fingerprint density at radius 2 is 2.00 bits per heavy atom. The molecule has 0 amide bonds. The van der Waals surface area contributed by atoms with E-state index in [4.69, 9.17) is 0 Å². The molecule has 1 heterocycles.